The van der Waals surface area contributed by atoms with Gasteiger partial charge in [-0.2, -0.15) is 0 Å². The van der Waals surface area contributed by atoms with Crippen molar-refractivity contribution in [3.8, 4) is 0 Å². The molecule has 148 valence electrons. The Bertz CT molecular complexity index is 1260. The van der Waals surface area contributed by atoms with Gasteiger partial charge in [-0.3, -0.25) is 14.8 Å². The topological polar surface area (TPSA) is 104 Å². The summed E-state index contributed by atoms with van der Waals surface area (Å²) >= 11 is 1.27. The molecule has 2 heterocycles. The van der Waals surface area contributed by atoms with Gasteiger partial charge >= 0.3 is 0 Å². The largest absolute Gasteiger partial charge is 0.357 e. The van der Waals surface area contributed by atoms with Crippen LogP contribution < -0.4 is 10.0 Å². The van der Waals surface area contributed by atoms with Crippen molar-refractivity contribution in [2.24, 2.45) is 0 Å². The summed E-state index contributed by atoms with van der Waals surface area (Å²) in [5.41, 5.74) is 2.62. The summed E-state index contributed by atoms with van der Waals surface area (Å²) < 4.78 is 28.6. The van der Waals surface area contributed by atoms with Gasteiger partial charge in [0, 0.05) is 6.20 Å². The average Bonchev–Trinajstić information content (AvgIpc) is 3.37. The third-order valence-corrected chi connectivity index (χ3v) is 6.68. The zero-order valence-corrected chi connectivity index (χ0v) is 17.1. The zero-order valence-electron chi connectivity index (χ0n) is 15.5. The Morgan fingerprint density at radius 1 is 1.14 bits per heavy atom. The summed E-state index contributed by atoms with van der Waals surface area (Å²) in [4.78, 5) is 19.6. The van der Waals surface area contributed by atoms with Crippen molar-refractivity contribution in [1.82, 2.24) is 9.97 Å². The fourth-order valence-corrected chi connectivity index (χ4v) is 4.75. The summed E-state index contributed by atoms with van der Waals surface area (Å²) in [6.07, 6.45) is 2.51. The maximum absolute atomic E-state index is 12.6. The first-order valence-electron chi connectivity index (χ1n) is 8.92. The Labute approximate surface area is 171 Å². The predicted molar refractivity (Wildman–Crippen MR) is 115 cm³/mol. The third-order valence-electron chi connectivity index (χ3n) is 4.35. The van der Waals surface area contributed by atoms with E-state index in [1.807, 2.05) is 6.92 Å². The minimum Gasteiger partial charge on any atom is -0.357 e. The molecule has 0 aliphatic heterocycles. The van der Waals surface area contributed by atoms with Gasteiger partial charge in [0.15, 0.2) is 5.13 Å². The van der Waals surface area contributed by atoms with E-state index in [1.54, 1.807) is 60.8 Å². The Morgan fingerprint density at radius 3 is 2.62 bits per heavy atom. The monoisotopic (exact) mass is 426 g/mol. The van der Waals surface area contributed by atoms with Gasteiger partial charge in [0.05, 0.1) is 20.8 Å². The van der Waals surface area contributed by atoms with Gasteiger partial charge in [0.25, 0.3) is 15.9 Å². The van der Waals surface area contributed by atoms with Gasteiger partial charge in [0.2, 0.25) is 0 Å². The number of benzene rings is 2. The fourth-order valence-electron chi connectivity index (χ4n) is 2.80. The second-order valence-electron chi connectivity index (χ2n) is 6.34. The predicted octanol–water partition coefficient (Wildman–Crippen LogP) is 4.24. The lowest BCUT2D eigenvalue weighted by Crippen LogP contribution is -2.12. The molecular weight excluding hydrogens is 408 g/mol. The third kappa shape index (κ3) is 4.15. The molecule has 0 bridgehead atoms. The Morgan fingerprint density at radius 2 is 1.93 bits per heavy atom. The molecule has 0 unspecified atom stereocenters. The van der Waals surface area contributed by atoms with Crippen LogP contribution in [-0.2, 0) is 16.4 Å². The van der Waals surface area contributed by atoms with Crippen LogP contribution in [0.1, 0.15) is 23.0 Å². The van der Waals surface area contributed by atoms with Crippen molar-refractivity contribution in [3.05, 3.63) is 72.1 Å². The minimum absolute atomic E-state index is 0.206. The molecule has 4 rings (SSSR count). The smallest absolute Gasteiger partial charge is 0.273 e. The van der Waals surface area contributed by atoms with E-state index < -0.39 is 10.0 Å². The van der Waals surface area contributed by atoms with E-state index in [9.17, 15) is 13.2 Å². The summed E-state index contributed by atoms with van der Waals surface area (Å²) in [6, 6.07) is 15.3. The van der Waals surface area contributed by atoms with E-state index in [0.29, 0.717) is 22.0 Å². The number of anilines is 2. The molecule has 0 atom stereocenters. The number of carbonyl (C=O) groups is 1. The number of amides is 1. The van der Waals surface area contributed by atoms with Crippen LogP contribution in [0.4, 0.5) is 10.8 Å². The van der Waals surface area contributed by atoms with Crippen LogP contribution in [0.2, 0.25) is 0 Å². The lowest BCUT2D eigenvalue weighted by Gasteiger charge is -2.08. The lowest BCUT2D eigenvalue weighted by molar-refractivity contribution is 0.102. The second kappa shape index (κ2) is 7.69. The summed E-state index contributed by atoms with van der Waals surface area (Å²) in [5, 5.41) is 3.18. The van der Waals surface area contributed by atoms with Crippen LogP contribution in [0.5, 0.6) is 0 Å². The number of aryl methyl sites for hydroxylation is 1. The van der Waals surface area contributed by atoms with Crippen LogP contribution in [-0.4, -0.2) is 24.3 Å². The van der Waals surface area contributed by atoms with Gasteiger partial charge < -0.3 is 4.98 Å². The molecule has 0 aliphatic carbocycles. The first kappa shape index (κ1) is 19.2. The maximum Gasteiger partial charge on any atom is 0.273 e. The first-order valence-corrected chi connectivity index (χ1v) is 11.2. The van der Waals surface area contributed by atoms with Crippen molar-refractivity contribution in [1.29, 1.82) is 0 Å². The SMILES string of the molecule is CCc1ccc(S(=O)(=O)Nc2ccc3nc(NC(=O)c4ccc[nH]4)sc3c2)cc1. The number of nitrogens with zero attached hydrogens (tertiary/aromatic N) is 1. The number of nitrogens with one attached hydrogen (secondary N) is 3. The quantitative estimate of drug-likeness (QED) is 0.429. The van der Waals surface area contributed by atoms with Crippen LogP contribution in [0.3, 0.4) is 0 Å². The van der Waals surface area contributed by atoms with E-state index in [1.165, 1.54) is 11.3 Å². The number of rotatable bonds is 6. The number of hydrogen-bond donors (Lipinski definition) is 3. The zero-order chi connectivity index (χ0) is 20.4. The van der Waals surface area contributed by atoms with Gasteiger partial charge in [-0.25, -0.2) is 13.4 Å². The van der Waals surface area contributed by atoms with Crippen LogP contribution in [0.25, 0.3) is 10.2 Å². The van der Waals surface area contributed by atoms with E-state index in [0.717, 1.165) is 16.7 Å². The molecule has 3 N–H and O–H groups in total. The average molecular weight is 427 g/mol. The molecule has 0 fully saturated rings. The standard InChI is InChI=1S/C20H18N4O3S2/c1-2-13-5-8-15(9-6-13)29(26,27)24-14-7-10-16-18(12-14)28-20(22-16)23-19(25)17-4-3-11-21-17/h3-12,21,24H,2H2,1H3,(H,22,23,25). The molecular formula is C20H18N4O3S2. The number of aromatic amines is 1. The number of thiazole rings is 1. The van der Waals surface area contributed by atoms with Crippen molar-refractivity contribution in [2.45, 2.75) is 18.2 Å². The van der Waals surface area contributed by atoms with E-state index in [-0.39, 0.29) is 10.8 Å². The van der Waals surface area contributed by atoms with E-state index in [4.69, 9.17) is 0 Å². The van der Waals surface area contributed by atoms with Crippen molar-refractivity contribution < 1.29 is 13.2 Å². The normalized spacial score (nSPS) is 11.5. The minimum atomic E-state index is -3.69. The maximum atomic E-state index is 12.6. The highest BCUT2D eigenvalue weighted by molar-refractivity contribution is 7.92. The molecule has 7 nitrogen and oxygen atoms in total. The number of hydrogen-bond acceptors (Lipinski definition) is 5. The van der Waals surface area contributed by atoms with Crippen molar-refractivity contribution >= 4 is 48.3 Å². The molecule has 0 aliphatic rings. The number of aromatic nitrogens is 2. The van der Waals surface area contributed by atoms with Crippen LogP contribution in [0, 0.1) is 0 Å². The van der Waals surface area contributed by atoms with Gasteiger partial charge in [0.1, 0.15) is 5.69 Å². The number of carbonyl (C=O) groups excluding carboxylic acids is 1. The molecule has 4 aromatic rings. The van der Waals surface area contributed by atoms with E-state index >= 15 is 0 Å². The summed E-state index contributed by atoms with van der Waals surface area (Å²) in [5.74, 6) is -0.287. The molecule has 29 heavy (non-hydrogen) atoms. The van der Waals surface area contributed by atoms with Gasteiger partial charge in [-0.05, 0) is 54.4 Å². The molecule has 1 amide bonds. The highest BCUT2D eigenvalue weighted by Gasteiger charge is 2.15. The Balaban J connectivity index is 1.54. The first-order chi connectivity index (χ1) is 13.9. The number of fused-ring (bicyclic) bond motifs is 1. The molecule has 9 heteroatoms. The number of H-pyrrole nitrogens is 1. The van der Waals surface area contributed by atoms with E-state index in [2.05, 4.69) is 20.0 Å². The fraction of sp³-hybridized carbons (Fsp3) is 0.100. The molecule has 0 radical (unpaired) electrons. The molecule has 0 spiro atoms. The second-order valence-corrected chi connectivity index (χ2v) is 9.06. The van der Waals surface area contributed by atoms with Crippen molar-refractivity contribution in [3.63, 3.8) is 0 Å². The number of sulfonamides is 1. The molecule has 0 saturated heterocycles. The van der Waals surface area contributed by atoms with Gasteiger partial charge in [-0.15, -0.1) is 0 Å². The highest BCUT2D eigenvalue weighted by Crippen LogP contribution is 2.29. The molecule has 0 saturated carbocycles. The Hall–Kier alpha value is -3.17. The highest BCUT2D eigenvalue weighted by atomic mass is 32.2. The summed E-state index contributed by atoms with van der Waals surface area (Å²) in [7, 11) is -3.69. The summed E-state index contributed by atoms with van der Waals surface area (Å²) in [6.45, 7) is 2.01. The lowest BCUT2D eigenvalue weighted by atomic mass is 10.2. The van der Waals surface area contributed by atoms with Crippen molar-refractivity contribution in [2.75, 3.05) is 10.0 Å². The molecule has 2 aromatic carbocycles. The van der Waals surface area contributed by atoms with Crippen LogP contribution in [0.15, 0.2) is 65.7 Å². The van der Waals surface area contributed by atoms with Gasteiger partial charge in [-0.1, -0.05) is 30.4 Å². The molecule has 2 aromatic heterocycles. The van der Waals surface area contributed by atoms with Crippen LogP contribution >= 0.6 is 11.3 Å². The Kier molecular flexibility index (Phi) is 5.08.